The minimum absolute atomic E-state index is 0.163. The lowest BCUT2D eigenvalue weighted by atomic mass is 9.53. The number of ether oxygens (including phenoxy) is 3. The molecule has 3 N–H and O–H groups in total. The number of carbonyl (C=O) groups is 2. The maximum atomic E-state index is 12.6. The molecule has 1 spiro atoms. The number of esters is 2. The lowest BCUT2D eigenvalue weighted by molar-refractivity contribution is -0.220. The highest BCUT2D eigenvalue weighted by atomic mass is 16.7. The first-order valence-electron chi connectivity index (χ1n) is 10.7. The van der Waals surface area contributed by atoms with Crippen LogP contribution in [0.25, 0.3) is 0 Å². The van der Waals surface area contributed by atoms with Gasteiger partial charge in [0.25, 0.3) is 0 Å². The average molecular weight is 424 g/mol. The normalized spacial score (nSPS) is 54.6. The first-order chi connectivity index (χ1) is 13.9. The standard InChI is InChI=1S/C22H32O8/c1-10-6-7-14(25)20(4)15(28-12(3)23)9-13(24)11(2)17(20)18(26)22-16(8-10)29-19(27)21(22,5)30-22/h8,11,13-18,24-26H,6-7,9H2,1-5H3/b10-8-/t11-,13-,14-,15-,16-,17+,18+,20-,21+,22-/m0/s1. The van der Waals surface area contributed by atoms with Crippen LogP contribution in [0.15, 0.2) is 11.6 Å². The Kier molecular flexibility index (Phi) is 4.90. The number of carbonyl (C=O) groups excluding carboxylic acids is 2. The first kappa shape index (κ1) is 21.7. The van der Waals surface area contributed by atoms with Crippen LogP contribution < -0.4 is 0 Å². The molecule has 4 aliphatic rings. The predicted molar refractivity (Wildman–Crippen MR) is 104 cm³/mol. The van der Waals surface area contributed by atoms with E-state index < -0.39 is 70.9 Å². The molecule has 0 aromatic rings. The molecule has 8 nitrogen and oxygen atoms in total. The molecule has 2 aliphatic heterocycles. The van der Waals surface area contributed by atoms with Crippen LogP contribution >= 0.6 is 0 Å². The largest absolute Gasteiger partial charge is 0.462 e. The summed E-state index contributed by atoms with van der Waals surface area (Å²) in [5, 5.41) is 33.8. The second-order valence-electron chi connectivity index (χ2n) is 9.92. The Morgan fingerprint density at radius 2 is 1.93 bits per heavy atom. The minimum Gasteiger partial charge on any atom is -0.462 e. The zero-order valence-electron chi connectivity index (χ0n) is 18.1. The molecule has 3 fully saturated rings. The highest BCUT2D eigenvalue weighted by Crippen LogP contribution is 2.64. The smallest absolute Gasteiger partial charge is 0.342 e. The van der Waals surface area contributed by atoms with E-state index in [1.165, 1.54) is 6.92 Å². The van der Waals surface area contributed by atoms with E-state index in [-0.39, 0.29) is 6.42 Å². The molecule has 4 rings (SSSR count). The van der Waals surface area contributed by atoms with E-state index in [1.54, 1.807) is 19.9 Å². The van der Waals surface area contributed by atoms with Crippen LogP contribution in [0.5, 0.6) is 0 Å². The van der Waals surface area contributed by atoms with Gasteiger partial charge in [-0.15, -0.1) is 0 Å². The molecule has 8 heteroatoms. The predicted octanol–water partition coefficient (Wildman–Crippen LogP) is 0.856. The Bertz CT molecular complexity index is 794. The Hall–Kier alpha value is -1.48. The number of hydrogen-bond donors (Lipinski definition) is 3. The summed E-state index contributed by atoms with van der Waals surface area (Å²) in [5.41, 5.74) is -2.74. The number of epoxide rings is 1. The number of hydrogen-bond acceptors (Lipinski definition) is 8. The van der Waals surface area contributed by atoms with E-state index in [1.807, 2.05) is 13.8 Å². The van der Waals surface area contributed by atoms with Gasteiger partial charge in [-0.1, -0.05) is 19.4 Å². The third kappa shape index (κ3) is 2.66. The third-order valence-corrected chi connectivity index (χ3v) is 8.22. The van der Waals surface area contributed by atoms with Crippen LogP contribution in [0.3, 0.4) is 0 Å². The van der Waals surface area contributed by atoms with Crippen molar-refractivity contribution in [3.05, 3.63) is 11.6 Å². The monoisotopic (exact) mass is 424 g/mol. The van der Waals surface area contributed by atoms with Gasteiger partial charge in [0.15, 0.2) is 17.3 Å². The number of fused-ring (bicyclic) bond motifs is 1. The molecule has 0 amide bonds. The quantitative estimate of drug-likeness (QED) is 0.321. The molecule has 2 saturated heterocycles. The summed E-state index contributed by atoms with van der Waals surface area (Å²) in [5.74, 6) is -2.18. The second-order valence-corrected chi connectivity index (χ2v) is 9.92. The minimum atomic E-state index is -1.31. The van der Waals surface area contributed by atoms with Gasteiger partial charge < -0.3 is 29.5 Å². The van der Waals surface area contributed by atoms with Crippen LogP contribution in [0.4, 0.5) is 0 Å². The van der Waals surface area contributed by atoms with Crippen molar-refractivity contribution in [1.82, 2.24) is 0 Å². The van der Waals surface area contributed by atoms with Crippen LogP contribution in [0, 0.1) is 17.3 Å². The van der Waals surface area contributed by atoms with E-state index in [0.717, 1.165) is 5.57 Å². The molecule has 2 aliphatic carbocycles. The van der Waals surface area contributed by atoms with Crippen molar-refractivity contribution < 1.29 is 39.1 Å². The highest BCUT2D eigenvalue weighted by Gasteiger charge is 2.86. The van der Waals surface area contributed by atoms with Gasteiger partial charge >= 0.3 is 11.9 Å². The van der Waals surface area contributed by atoms with Crippen molar-refractivity contribution in [3.63, 3.8) is 0 Å². The summed E-state index contributed by atoms with van der Waals surface area (Å²) in [6.07, 6.45) is -1.66. The SMILES string of the molecule is CC(=O)O[C@H]1C[C@H](O)[C@H](C)[C@@H]2[C@@H](O)[C@]34O[C@]3(C)C(=O)O[C@H]4/C=C(/C)CC[C@H](O)[C@]21C. The maximum absolute atomic E-state index is 12.6. The molecule has 0 aromatic carbocycles. The van der Waals surface area contributed by atoms with Gasteiger partial charge in [-0.2, -0.15) is 0 Å². The fourth-order valence-corrected chi connectivity index (χ4v) is 6.26. The van der Waals surface area contributed by atoms with E-state index in [4.69, 9.17) is 14.2 Å². The van der Waals surface area contributed by atoms with E-state index in [0.29, 0.717) is 12.8 Å². The summed E-state index contributed by atoms with van der Waals surface area (Å²) in [6.45, 7) is 8.39. The molecular weight excluding hydrogens is 392 g/mol. The molecule has 30 heavy (non-hydrogen) atoms. The molecule has 1 saturated carbocycles. The fourth-order valence-electron chi connectivity index (χ4n) is 6.26. The zero-order valence-corrected chi connectivity index (χ0v) is 18.1. The lowest BCUT2D eigenvalue weighted by Crippen LogP contribution is -2.65. The summed E-state index contributed by atoms with van der Waals surface area (Å²) in [4.78, 5) is 24.4. The van der Waals surface area contributed by atoms with Gasteiger partial charge in [0.05, 0.1) is 18.3 Å². The topological polar surface area (TPSA) is 126 Å². The van der Waals surface area contributed by atoms with Gasteiger partial charge in [0.1, 0.15) is 6.10 Å². The van der Waals surface area contributed by atoms with Gasteiger partial charge in [-0.05, 0) is 38.7 Å². The van der Waals surface area contributed by atoms with E-state index in [2.05, 4.69) is 0 Å². The summed E-state index contributed by atoms with van der Waals surface area (Å²) < 4.78 is 17.1. The molecule has 2 heterocycles. The number of aliphatic hydroxyl groups is 3. The Balaban J connectivity index is 1.87. The van der Waals surface area contributed by atoms with Crippen molar-refractivity contribution in [1.29, 1.82) is 0 Å². The van der Waals surface area contributed by atoms with Crippen molar-refractivity contribution in [2.45, 2.75) is 95.6 Å². The molecule has 0 unspecified atom stereocenters. The van der Waals surface area contributed by atoms with Crippen molar-refractivity contribution in [2.75, 3.05) is 0 Å². The van der Waals surface area contributed by atoms with E-state index in [9.17, 15) is 24.9 Å². The Labute approximate surface area is 176 Å². The van der Waals surface area contributed by atoms with Gasteiger partial charge in [-0.3, -0.25) is 4.79 Å². The van der Waals surface area contributed by atoms with Gasteiger partial charge in [0, 0.05) is 24.7 Å². The summed E-state index contributed by atoms with van der Waals surface area (Å²) in [7, 11) is 0. The van der Waals surface area contributed by atoms with Crippen molar-refractivity contribution in [2.24, 2.45) is 17.3 Å². The molecule has 0 radical (unpaired) electrons. The maximum Gasteiger partial charge on any atom is 0.342 e. The van der Waals surface area contributed by atoms with Gasteiger partial charge in [-0.25, -0.2) is 4.79 Å². The molecule has 168 valence electrons. The lowest BCUT2D eigenvalue weighted by Gasteiger charge is -2.55. The van der Waals surface area contributed by atoms with Crippen LogP contribution in [0.1, 0.15) is 53.9 Å². The van der Waals surface area contributed by atoms with Crippen LogP contribution in [-0.4, -0.2) is 69.0 Å². The fraction of sp³-hybridized carbons (Fsp3) is 0.818. The van der Waals surface area contributed by atoms with Crippen molar-refractivity contribution in [3.8, 4) is 0 Å². The van der Waals surface area contributed by atoms with Crippen molar-refractivity contribution >= 4 is 11.9 Å². The number of allylic oxidation sites excluding steroid dienone is 1. The highest BCUT2D eigenvalue weighted by molar-refractivity contribution is 5.88. The van der Waals surface area contributed by atoms with Gasteiger partial charge in [0.2, 0.25) is 0 Å². The summed E-state index contributed by atoms with van der Waals surface area (Å²) in [6, 6.07) is 0. The van der Waals surface area contributed by atoms with Crippen LogP contribution in [0.2, 0.25) is 0 Å². The Morgan fingerprint density at radius 1 is 1.27 bits per heavy atom. The number of rotatable bonds is 1. The first-order valence-corrected chi connectivity index (χ1v) is 10.7. The number of aliphatic hydroxyl groups excluding tert-OH is 3. The zero-order chi connectivity index (χ0) is 22.2. The third-order valence-electron chi connectivity index (χ3n) is 8.22. The van der Waals surface area contributed by atoms with E-state index >= 15 is 0 Å². The average Bonchev–Trinajstić information content (AvgIpc) is 3.25. The molecule has 0 bridgehead atoms. The molecule has 0 aromatic heterocycles. The summed E-state index contributed by atoms with van der Waals surface area (Å²) >= 11 is 0. The Morgan fingerprint density at radius 3 is 2.53 bits per heavy atom. The van der Waals surface area contributed by atoms with Crippen LogP contribution in [-0.2, 0) is 23.8 Å². The molecule has 10 atom stereocenters. The molecular formula is C22H32O8. The second kappa shape index (κ2) is 6.76.